The Morgan fingerprint density at radius 3 is 2.59 bits per heavy atom. The summed E-state index contributed by atoms with van der Waals surface area (Å²) >= 11 is 0. The van der Waals surface area contributed by atoms with E-state index in [1.165, 1.54) is 31.2 Å². The van der Waals surface area contributed by atoms with Crippen molar-refractivity contribution < 1.29 is 12.8 Å². The molecule has 22 heavy (non-hydrogen) atoms. The highest BCUT2D eigenvalue weighted by Gasteiger charge is 2.23. The summed E-state index contributed by atoms with van der Waals surface area (Å²) in [5.74, 6) is -0.516. The minimum atomic E-state index is -4.14. The van der Waals surface area contributed by atoms with Crippen LogP contribution in [0.1, 0.15) is 5.56 Å². The number of fused-ring (bicyclic) bond motifs is 1. The molecule has 0 aliphatic carbocycles. The zero-order chi connectivity index (χ0) is 16.1. The Balaban J connectivity index is 2.32. The standard InChI is InChI=1S/C14H12FN3O3S/c1-8-6-10(3-4-11(8)15)22(20,21)18-13-5-2-9(16)7-12(13)17-14(18)19/h2-7H,16H2,1H3,(H,17,19). The molecule has 0 aliphatic heterocycles. The number of hydrogen-bond acceptors (Lipinski definition) is 4. The molecule has 0 aliphatic rings. The van der Waals surface area contributed by atoms with Crippen LogP contribution >= 0.6 is 0 Å². The van der Waals surface area contributed by atoms with Gasteiger partial charge in [-0.05, 0) is 48.9 Å². The minimum Gasteiger partial charge on any atom is -0.399 e. The molecule has 8 heteroatoms. The molecule has 0 amide bonds. The van der Waals surface area contributed by atoms with Crippen LogP contribution in [-0.2, 0) is 10.0 Å². The highest BCUT2D eigenvalue weighted by Crippen LogP contribution is 2.21. The average Bonchev–Trinajstić information content (AvgIpc) is 2.77. The van der Waals surface area contributed by atoms with Gasteiger partial charge in [-0.3, -0.25) is 0 Å². The lowest BCUT2D eigenvalue weighted by Crippen LogP contribution is -2.25. The predicted octanol–water partition coefficient (Wildman–Crippen LogP) is 1.60. The smallest absolute Gasteiger partial charge is 0.340 e. The Morgan fingerprint density at radius 1 is 1.18 bits per heavy atom. The first-order valence-corrected chi connectivity index (χ1v) is 7.77. The summed E-state index contributed by atoms with van der Waals surface area (Å²) in [6.07, 6.45) is 0. The van der Waals surface area contributed by atoms with Crippen LogP contribution in [0.3, 0.4) is 0 Å². The number of hydrogen-bond donors (Lipinski definition) is 2. The molecule has 0 saturated heterocycles. The molecule has 1 heterocycles. The van der Waals surface area contributed by atoms with Crippen LogP contribution in [0.4, 0.5) is 10.1 Å². The molecule has 3 aromatic rings. The second-order valence-electron chi connectivity index (χ2n) is 4.89. The summed E-state index contributed by atoms with van der Waals surface area (Å²) in [7, 11) is -4.14. The van der Waals surface area contributed by atoms with Gasteiger partial charge in [0.15, 0.2) is 0 Å². The van der Waals surface area contributed by atoms with Crippen molar-refractivity contribution in [3.8, 4) is 0 Å². The quantitative estimate of drug-likeness (QED) is 0.700. The number of nitrogens with zero attached hydrogens (tertiary/aromatic N) is 1. The number of aromatic amines is 1. The van der Waals surface area contributed by atoms with E-state index in [0.29, 0.717) is 15.2 Å². The largest absolute Gasteiger partial charge is 0.399 e. The number of aromatic nitrogens is 2. The van der Waals surface area contributed by atoms with E-state index in [-0.39, 0.29) is 16.0 Å². The van der Waals surface area contributed by atoms with Crippen molar-refractivity contribution in [2.24, 2.45) is 0 Å². The molecule has 3 rings (SSSR count). The van der Waals surface area contributed by atoms with Gasteiger partial charge in [-0.2, -0.15) is 3.97 Å². The predicted molar refractivity (Wildman–Crippen MR) is 80.7 cm³/mol. The lowest BCUT2D eigenvalue weighted by atomic mass is 10.2. The van der Waals surface area contributed by atoms with E-state index in [4.69, 9.17) is 5.73 Å². The maximum atomic E-state index is 13.3. The molecular weight excluding hydrogens is 309 g/mol. The number of H-pyrrole nitrogens is 1. The molecule has 0 unspecified atom stereocenters. The van der Waals surface area contributed by atoms with E-state index in [0.717, 1.165) is 12.1 Å². The zero-order valence-electron chi connectivity index (χ0n) is 11.5. The Bertz CT molecular complexity index is 1050. The van der Waals surface area contributed by atoms with Crippen molar-refractivity contribution in [1.82, 2.24) is 8.96 Å². The number of imidazole rings is 1. The lowest BCUT2D eigenvalue weighted by Gasteiger charge is -2.07. The molecular formula is C14H12FN3O3S. The van der Waals surface area contributed by atoms with Gasteiger partial charge < -0.3 is 10.7 Å². The number of nitrogens with two attached hydrogens (primary N) is 1. The SMILES string of the molecule is Cc1cc(S(=O)(=O)n2c(=O)[nH]c3cc(N)ccc32)ccc1F. The molecule has 6 nitrogen and oxygen atoms in total. The van der Waals surface area contributed by atoms with Crippen molar-refractivity contribution in [1.29, 1.82) is 0 Å². The molecule has 0 spiro atoms. The number of nitrogens with one attached hydrogen (secondary N) is 1. The lowest BCUT2D eigenvalue weighted by molar-refractivity contribution is 0.585. The van der Waals surface area contributed by atoms with Crippen molar-refractivity contribution in [3.05, 3.63) is 58.3 Å². The fourth-order valence-corrected chi connectivity index (χ4v) is 3.69. The highest BCUT2D eigenvalue weighted by molar-refractivity contribution is 7.90. The fourth-order valence-electron chi connectivity index (χ4n) is 2.23. The van der Waals surface area contributed by atoms with Gasteiger partial charge >= 0.3 is 5.69 Å². The molecule has 3 N–H and O–H groups in total. The van der Waals surface area contributed by atoms with Gasteiger partial charge in [-0.15, -0.1) is 0 Å². The van der Waals surface area contributed by atoms with Gasteiger partial charge in [0.05, 0.1) is 15.9 Å². The fraction of sp³-hybridized carbons (Fsp3) is 0.0714. The summed E-state index contributed by atoms with van der Waals surface area (Å²) in [6, 6.07) is 7.78. The van der Waals surface area contributed by atoms with Crippen LogP contribution in [0.15, 0.2) is 46.1 Å². The van der Waals surface area contributed by atoms with Gasteiger partial charge in [0, 0.05) is 5.69 Å². The Labute approximate surface area is 125 Å². The van der Waals surface area contributed by atoms with Gasteiger partial charge in [0.2, 0.25) is 0 Å². The van der Waals surface area contributed by atoms with Crippen LogP contribution in [0, 0.1) is 12.7 Å². The average molecular weight is 321 g/mol. The second-order valence-corrected chi connectivity index (χ2v) is 6.67. The van der Waals surface area contributed by atoms with E-state index < -0.39 is 21.5 Å². The third-order valence-corrected chi connectivity index (χ3v) is 5.03. The van der Waals surface area contributed by atoms with Crippen molar-refractivity contribution in [2.75, 3.05) is 5.73 Å². The molecule has 1 aromatic heterocycles. The summed E-state index contributed by atoms with van der Waals surface area (Å²) < 4.78 is 39.3. The maximum Gasteiger partial charge on any atom is 0.340 e. The van der Waals surface area contributed by atoms with E-state index in [2.05, 4.69) is 4.98 Å². The number of rotatable bonds is 2. The van der Waals surface area contributed by atoms with Crippen LogP contribution in [0.2, 0.25) is 0 Å². The van der Waals surface area contributed by atoms with Crippen LogP contribution in [0.25, 0.3) is 11.0 Å². The van der Waals surface area contributed by atoms with E-state index in [9.17, 15) is 17.6 Å². The second kappa shape index (κ2) is 4.70. The zero-order valence-corrected chi connectivity index (χ0v) is 12.3. The first-order valence-electron chi connectivity index (χ1n) is 6.33. The van der Waals surface area contributed by atoms with Gasteiger partial charge in [0.25, 0.3) is 10.0 Å². The Morgan fingerprint density at radius 2 is 1.91 bits per heavy atom. The normalized spacial score (nSPS) is 11.9. The molecule has 114 valence electrons. The number of halogens is 1. The van der Waals surface area contributed by atoms with Gasteiger partial charge in [0.1, 0.15) is 5.82 Å². The molecule has 2 aromatic carbocycles. The van der Waals surface area contributed by atoms with E-state index in [1.807, 2.05) is 0 Å². The van der Waals surface area contributed by atoms with E-state index in [1.54, 1.807) is 0 Å². The van der Waals surface area contributed by atoms with Crippen molar-refractivity contribution in [3.63, 3.8) is 0 Å². The van der Waals surface area contributed by atoms with Crippen LogP contribution in [-0.4, -0.2) is 17.4 Å². The van der Waals surface area contributed by atoms with Gasteiger partial charge in [-0.1, -0.05) is 0 Å². The summed E-state index contributed by atoms with van der Waals surface area (Å²) in [5, 5.41) is 0. The molecule has 0 saturated carbocycles. The first-order chi connectivity index (χ1) is 10.3. The van der Waals surface area contributed by atoms with Crippen LogP contribution < -0.4 is 11.4 Å². The number of nitrogen functional groups attached to an aromatic ring is 1. The number of aryl methyl sites for hydroxylation is 1. The topological polar surface area (TPSA) is 98.0 Å². The monoisotopic (exact) mass is 321 g/mol. The number of anilines is 1. The third-order valence-electron chi connectivity index (χ3n) is 3.33. The minimum absolute atomic E-state index is 0.161. The first kappa shape index (κ1) is 14.3. The van der Waals surface area contributed by atoms with Crippen molar-refractivity contribution in [2.45, 2.75) is 11.8 Å². The van der Waals surface area contributed by atoms with Gasteiger partial charge in [-0.25, -0.2) is 17.6 Å². The molecule has 0 atom stereocenters. The number of benzene rings is 2. The van der Waals surface area contributed by atoms with Crippen molar-refractivity contribution >= 4 is 26.7 Å². The maximum absolute atomic E-state index is 13.3. The summed E-state index contributed by atoms with van der Waals surface area (Å²) in [4.78, 5) is 14.3. The summed E-state index contributed by atoms with van der Waals surface area (Å²) in [5.41, 5.74) is 5.89. The molecule has 0 fully saturated rings. The molecule has 0 bridgehead atoms. The highest BCUT2D eigenvalue weighted by atomic mass is 32.2. The Kier molecular flexibility index (Phi) is 3.06. The third kappa shape index (κ3) is 2.08. The molecule has 0 radical (unpaired) electrons. The summed E-state index contributed by atoms with van der Waals surface area (Å²) in [6.45, 7) is 1.45. The van der Waals surface area contributed by atoms with E-state index >= 15 is 0 Å². The van der Waals surface area contributed by atoms with Crippen LogP contribution in [0.5, 0.6) is 0 Å². The Hall–Kier alpha value is -2.61.